The van der Waals surface area contributed by atoms with Gasteiger partial charge in [-0.15, -0.1) is 39.9 Å². The molecular formula is C91H156ClLiN22O18Si3. The van der Waals surface area contributed by atoms with Crippen molar-refractivity contribution in [2.75, 3.05) is 101 Å². The number of ketones is 4. The third kappa shape index (κ3) is 48.6. The molecule has 758 valence electrons. The van der Waals surface area contributed by atoms with Gasteiger partial charge in [-0.25, -0.2) is 5.06 Å². The molecule has 6 aromatic rings. The fourth-order valence-electron chi connectivity index (χ4n) is 12.2. The number of tetrazole rings is 3. The summed E-state index contributed by atoms with van der Waals surface area (Å²) in [6.45, 7) is 47.3. The van der Waals surface area contributed by atoms with Gasteiger partial charge in [-0.2, -0.15) is 16.6 Å². The number of carbonyl (C=O) groups excluding carboxylic acids is 8. The van der Waals surface area contributed by atoms with Gasteiger partial charge in [0.05, 0.1) is 24.8 Å². The Balaban J connectivity index is 0.00000108. The molecule has 0 saturated carbocycles. The summed E-state index contributed by atoms with van der Waals surface area (Å²) in [5.41, 5.74) is 20.2. The maximum Gasteiger partial charge on any atom is 1.00 e. The van der Waals surface area contributed by atoms with Gasteiger partial charge in [0.25, 0.3) is 5.91 Å². The molecule has 0 fully saturated rings. The van der Waals surface area contributed by atoms with E-state index in [9.17, 15) is 43.5 Å². The predicted molar refractivity (Wildman–Crippen MR) is 526 cm³/mol. The normalized spacial score (nSPS) is 14.7. The van der Waals surface area contributed by atoms with Gasteiger partial charge in [0.15, 0.2) is 49.7 Å². The van der Waals surface area contributed by atoms with Gasteiger partial charge in [-0.3, -0.25) is 43.2 Å². The second kappa shape index (κ2) is 66.6. The monoisotopic (exact) mass is 1970 g/mol. The second-order valence-electron chi connectivity index (χ2n) is 37.0. The molecule has 45 heteroatoms. The van der Waals surface area contributed by atoms with E-state index in [0.29, 0.717) is 72.0 Å². The molecule has 8 rings (SSSR count). The van der Waals surface area contributed by atoms with Crippen molar-refractivity contribution in [3.05, 3.63) is 95.4 Å². The number of aliphatic hydroxyl groups is 2. The molecule has 3 aromatic carbocycles. The number of ether oxygens (including phenoxy) is 6. The number of amides is 4. The number of likely N-dealkylation sites (N-methyl/N-ethyl adjacent to an activating group) is 1. The molecule has 0 aliphatic carbocycles. The number of carbonyl (C=O) groups is 8. The van der Waals surface area contributed by atoms with Crippen LogP contribution in [0.25, 0.3) is 11.1 Å². The van der Waals surface area contributed by atoms with Crippen LogP contribution >= 0.6 is 11.6 Å². The van der Waals surface area contributed by atoms with Crippen LogP contribution in [0.3, 0.4) is 0 Å². The number of rotatable bonds is 47. The van der Waals surface area contributed by atoms with Gasteiger partial charge >= 0.3 is 24.9 Å². The van der Waals surface area contributed by atoms with Gasteiger partial charge in [-0.05, 0) is 124 Å². The number of aliphatic hydroxyl groups excluding tert-OH is 2. The van der Waals surface area contributed by atoms with E-state index in [1.807, 2.05) is 27.7 Å². The van der Waals surface area contributed by atoms with Crippen LogP contribution in [-0.4, -0.2) is 270 Å². The van der Waals surface area contributed by atoms with Crippen molar-refractivity contribution < 1.29 is 106 Å². The summed E-state index contributed by atoms with van der Waals surface area (Å²) in [7, 11) is 3.96. The summed E-state index contributed by atoms with van der Waals surface area (Å²) in [5.74, 6) is -4.00. The molecule has 136 heavy (non-hydrogen) atoms. The van der Waals surface area contributed by atoms with Gasteiger partial charge in [0.2, 0.25) is 23.5 Å². The number of hydroxylamine groups is 4. The van der Waals surface area contributed by atoms with Crippen LogP contribution in [0.15, 0.2) is 76.4 Å². The van der Waals surface area contributed by atoms with Crippen LogP contribution in [0.1, 0.15) is 173 Å². The number of halogens is 1. The Hall–Kier alpha value is -8.92. The zero-order chi connectivity index (χ0) is 102. The number of aromatic nitrogens is 12. The molecule has 4 bridgehead atoms. The van der Waals surface area contributed by atoms with E-state index in [4.69, 9.17) is 67.2 Å². The van der Waals surface area contributed by atoms with E-state index in [-0.39, 0.29) is 161 Å². The third-order valence-electron chi connectivity index (χ3n) is 20.3. The van der Waals surface area contributed by atoms with Crippen LogP contribution in [0, 0.1) is 42.4 Å². The number of nitrogens with zero attached hydrogens (tertiary/aromatic N) is 18. The third-order valence-corrected chi connectivity index (χ3v) is 25.7. The summed E-state index contributed by atoms with van der Waals surface area (Å²) >= 11 is 6.62. The Morgan fingerprint density at radius 3 is 1.69 bits per heavy atom. The number of benzene rings is 3. The van der Waals surface area contributed by atoms with Gasteiger partial charge in [0, 0.05) is 151 Å². The summed E-state index contributed by atoms with van der Waals surface area (Å²) < 4.78 is 34.5. The second-order valence-corrected chi connectivity index (χ2v) is 54.3. The van der Waals surface area contributed by atoms with Crippen LogP contribution in [-0.2, 0) is 79.2 Å². The van der Waals surface area contributed by atoms with Crippen molar-refractivity contribution in [3.63, 3.8) is 0 Å². The minimum Gasteiger partial charge on any atom is -0.494 e. The Morgan fingerprint density at radius 1 is 0.647 bits per heavy atom. The number of hydrogen-bond acceptors (Lipinski definition) is 33. The van der Waals surface area contributed by atoms with E-state index < -0.39 is 83.5 Å². The van der Waals surface area contributed by atoms with Crippen molar-refractivity contribution in [1.29, 1.82) is 0 Å². The SMILES string of the molecule is CC(C)C(=O)N(C)Oc1nnn(COCC[Si](C)(C)C)n1.CC(C)C(O)c1nnn(COCC[Si](C)(C)C)n1.CCCCCCOc1ccc(C(=O)C[C@@H](CCN)C(=O)N(C)[C@@H]2C(=O)C[C@@H](C)C(=O)N[C@H](C(=O)C[C@@H](C)C(=O)C3=NN=NC3)Cc3ccc(OCCN)c(c3)-c3cc2ccc3OCCN)c(Cl)c1.CO.CON(C)C(=O)C(C)C.C[Si](C)(C)CCOCn1ncnn1.[CH2-]CCC.[Li+]. The smallest absolute Gasteiger partial charge is 0.494 e. The average Bonchev–Trinajstić information content (AvgIpc) is 0.932. The molecule has 4 amide bonds. The van der Waals surface area contributed by atoms with Crippen LogP contribution in [0.5, 0.6) is 23.3 Å². The number of unbranched alkanes of at least 4 members (excludes halogenated alkanes) is 4. The number of hydrogen-bond donors (Lipinski definition) is 6. The maximum atomic E-state index is 14.8. The number of nitrogens with one attached hydrogen (secondary N) is 1. The number of Topliss-reactive ketones (excluding diaryl/α,β-unsaturated/α-hetero) is 4. The van der Waals surface area contributed by atoms with Crippen molar-refractivity contribution >= 4 is 88.3 Å². The van der Waals surface area contributed by atoms with Crippen molar-refractivity contribution in [2.45, 2.75) is 255 Å². The molecule has 0 saturated heterocycles. The summed E-state index contributed by atoms with van der Waals surface area (Å²) in [6.07, 6.45) is 6.52. The Bertz CT molecular complexity index is 4550. The number of fused-ring (bicyclic) bond motifs is 5. The zero-order valence-electron chi connectivity index (χ0n) is 85.4. The Morgan fingerprint density at radius 2 is 1.20 bits per heavy atom. The molecule has 6 atom stereocenters. The zero-order valence-corrected chi connectivity index (χ0v) is 89.1. The van der Waals surface area contributed by atoms with Crippen molar-refractivity contribution in [3.8, 4) is 34.4 Å². The molecule has 0 spiro atoms. The number of nitrogens with two attached hydrogens (primary N) is 3. The Labute approximate surface area is 824 Å². The van der Waals surface area contributed by atoms with Crippen molar-refractivity contribution in [1.82, 2.24) is 81.0 Å². The summed E-state index contributed by atoms with van der Waals surface area (Å²) in [6, 6.07) is 16.3. The van der Waals surface area contributed by atoms with Crippen molar-refractivity contribution in [2.24, 2.45) is 68.1 Å². The summed E-state index contributed by atoms with van der Waals surface area (Å²) in [5, 5.41) is 67.6. The minimum atomic E-state index is -1.27. The van der Waals surface area contributed by atoms with Gasteiger partial charge < -0.3 is 77.8 Å². The van der Waals surface area contributed by atoms with E-state index >= 15 is 0 Å². The molecule has 5 heterocycles. The predicted octanol–water partition coefficient (Wildman–Crippen LogP) is 8.95. The van der Waals surface area contributed by atoms with E-state index in [0.717, 1.165) is 69.6 Å². The first kappa shape index (κ1) is 125. The molecule has 9 N–H and O–H groups in total. The topological polar surface area (TPSA) is 519 Å². The molecule has 2 aliphatic rings. The molecule has 3 aromatic heterocycles. The fraction of sp³-hybridized carbons (Fsp3) is 0.659. The molecule has 40 nitrogen and oxygen atoms in total. The maximum absolute atomic E-state index is 14.8. The largest absolute Gasteiger partial charge is 1.00 e. The van der Waals surface area contributed by atoms with E-state index in [2.05, 4.69) is 152 Å². The van der Waals surface area contributed by atoms with Crippen LogP contribution in [0.2, 0.25) is 82.1 Å². The molecule has 0 radical (unpaired) electrons. The standard InChI is InChI=1S/C50H65ClN8O9.C12H25N5O3Si.C11H24N4O2Si.C7H16N4OSi.C6H13NO2.C4H9.CH4O.Li/c1-5-6-7-8-19-66-35-11-12-36(39(51)28-35)42(60)27-34(15-16-52)50(65)59(4)47-33-10-14-46(68-21-18-54)38(26-33)37-24-32(9-13-45(37)67-20-17-53)25-40(56-49(64)31(3)23-44(47)62)43(61)22-30(2)48(63)41-29-55-58-57-41;1-10(2)11(18)16(3)20-12-13-15-17(14-12)9-19-7-8-21(4,5)6;1-9(2)10(16)11-12-14-15(13-11)8-17-6-7-18(3,4)5;1-13(2,3)5-4-12-7-11-9-6-8-10-11;1-5(2)6(8)7(3)9-4;1-3-4-2;1-2;/h9-14,24,26,28,30-31,34,40,47H,5-8,15-23,25,27,29,52-54H2,1-4H3,(H,56,64);10H,7-9H2,1-6H3;9-10,16H,6-8H2,1-5H3;6H,4-5,7H2,1-3H3;5H,1-4H3;1,3-4H2,2H3;2H,1H3;/q;;;;;-1;;+1/t30-,31-,34-,40+,47+;;;;;;;/m1......./s1. The van der Waals surface area contributed by atoms with Gasteiger partial charge in [0.1, 0.15) is 54.9 Å². The first-order valence-electron chi connectivity index (χ1n) is 46.1. The van der Waals surface area contributed by atoms with Crippen LogP contribution in [0.4, 0.5) is 0 Å². The first-order chi connectivity index (χ1) is 63.8. The van der Waals surface area contributed by atoms with E-state index in [1.165, 1.54) is 64.4 Å². The summed E-state index contributed by atoms with van der Waals surface area (Å²) in [4.78, 5) is 123. The van der Waals surface area contributed by atoms with Crippen LogP contribution < -0.4 is 60.4 Å². The minimum absolute atomic E-state index is 0. The Kier molecular flexibility index (Phi) is 61.3. The fourth-order valence-corrected chi connectivity index (χ4v) is 14.7. The van der Waals surface area contributed by atoms with Gasteiger partial charge in [-0.1, -0.05) is 188 Å². The molecular weight excluding hydrogens is 1820 g/mol. The molecule has 2 aliphatic heterocycles. The molecule has 1 unspecified atom stereocenters. The van der Waals surface area contributed by atoms with E-state index in [1.54, 1.807) is 89.3 Å². The first-order valence-corrected chi connectivity index (χ1v) is 57.6. The average molecular weight is 1970 g/mol. The quantitative estimate of drug-likeness (QED) is 0.00682.